The van der Waals surface area contributed by atoms with Gasteiger partial charge >= 0.3 is 5.97 Å². The number of hydrogen-bond donors (Lipinski definition) is 3. The second-order valence-electron chi connectivity index (χ2n) is 11.1. The van der Waals surface area contributed by atoms with Gasteiger partial charge in [-0.15, -0.1) is 0 Å². The van der Waals surface area contributed by atoms with Crippen LogP contribution in [0.4, 0.5) is 0 Å². The topological polar surface area (TPSA) is 118 Å². The Hall–Kier alpha value is -2.07. The molecule has 0 spiro atoms. The first-order valence-corrected chi connectivity index (χ1v) is 14.0. The van der Waals surface area contributed by atoms with Crippen molar-refractivity contribution in [3.63, 3.8) is 0 Å². The third-order valence-corrected chi connectivity index (χ3v) is 7.40. The average molecular weight is 547 g/mol. The van der Waals surface area contributed by atoms with Gasteiger partial charge in [-0.25, -0.2) is 4.79 Å². The quantitative estimate of drug-likeness (QED) is 0.123. The number of aliphatic hydroxyl groups excluding tert-OH is 3. The molecule has 0 aromatic rings. The number of rotatable bonds is 15. The molecule has 0 aliphatic carbocycles. The van der Waals surface area contributed by atoms with Crippen molar-refractivity contribution in [3.05, 3.63) is 60.3 Å². The zero-order valence-corrected chi connectivity index (χ0v) is 23.5. The van der Waals surface area contributed by atoms with Gasteiger partial charge < -0.3 is 34.3 Å². The van der Waals surface area contributed by atoms with Crippen LogP contribution in [0.15, 0.2) is 60.3 Å². The van der Waals surface area contributed by atoms with Crippen molar-refractivity contribution in [1.82, 2.24) is 0 Å². The lowest BCUT2D eigenvalue weighted by Gasteiger charge is -2.28. The average Bonchev–Trinajstić information content (AvgIpc) is 3.66. The Morgan fingerprint density at radius 2 is 2.03 bits per heavy atom. The van der Waals surface area contributed by atoms with Crippen LogP contribution in [0, 0.1) is 5.92 Å². The molecule has 3 heterocycles. The van der Waals surface area contributed by atoms with Gasteiger partial charge in [0.05, 0.1) is 56.4 Å². The van der Waals surface area contributed by atoms with Crippen LogP contribution in [0.25, 0.3) is 0 Å². The maximum atomic E-state index is 11.2. The highest BCUT2D eigenvalue weighted by Crippen LogP contribution is 2.34. The number of methoxy groups -OCH3 is 1. The fourth-order valence-corrected chi connectivity index (χ4v) is 5.23. The Morgan fingerprint density at radius 1 is 1.23 bits per heavy atom. The first kappa shape index (κ1) is 31.5. The summed E-state index contributed by atoms with van der Waals surface area (Å²) in [6, 6.07) is 0. The summed E-state index contributed by atoms with van der Waals surface area (Å²) in [5.74, 6) is -0.0393. The lowest BCUT2D eigenvalue weighted by atomic mass is 9.91. The van der Waals surface area contributed by atoms with Crippen molar-refractivity contribution < 1.29 is 39.1 Å². The van der Waals surface area contributed by atoms with E-state index in [2.05, 4.69) is 24.3 Å². The predicted octanol–water partition coefficient (Wildman–Crippen LogP) is 3.71. The van der Waals surface area contributed by atoms with Crippen molar-refractivity contribution in [2.24, 2.45) is 5.92 Å². The molecule has 3 aliphatic heterocycles. The van der Waals surface area contributed by atoms with Crippen LogP contribution in [-0.4, -0.2) is 83.8 Å². The van der Waals surface area contributed by atoms with Crippen LogP contribution in [0.3, 0.4) is 0 Å². The summed E-state index contributed by atoms with van der Waals surface area (Å²) in [5, 5.41) is 31.4. The molecule has 0 aromatic carbocycles. The Labute approximate surface area is 232 Å². The van der Waals surface area contributed by atoms with E-state index < -0.39 is 18.3 Å². The monoisotopic (exact) mass is 546 g/mol. The van der Waals surface area contributed by atoms with Gasteiger partial charge in [0.1, 0.15) is 6.10 Å². The fourth-order valence-electron chi connectivity index (χ4n) is 5.23. The van der Waals surface area contributed by atoms with Gasteiger partial charge in [0.15, 0.2) is 0 Å². The second kappa shape index (κ2) is 15.6. The SMILES string of the molecule is C=C(C[C@H](C)C[C@@H]1CC=C[C@@H](CC=CC(=O)OC)O1)C[C@H](O)[C@H]1O[C@@H]1C[C@H](O)[C@@H](O)C=C[C@@H]1CC(C)=CCO1. The summed E-state index contributed by atoms with van der Waals surface area (Å²) in [6.45, 7) is 8.93. The number of aliphatic hydroxyl groups is 3. The van der Waals surface area contributed by atoms with E-state index in [-0.39, 0.29) is 42.9 Å². The largest absolute Gasteiger partial charge is 0.466 e. The van der Waals surface area contributed by atoms with E-state index in [1.807, 2.05) is 19.1 Å². The molecule has 9 atom stereocenters. The molecule has 218 valence electrons. The standard InChI is InChI=1S/C31H46O8/c1-20-13-14-37-24(16-20)11-12-26(32)27(33)19-29-31(39-29)28(34)18-22(3)15-21(2)17-25-9-5-7-23(38-25)8-6-10-30(35)36-4/h5-7,10-13,21,23-29,31-34H,3,8-9,14-19H2,1-2,4H3/t21-,23-,24+,25-,26-,27-,28-,29+,31+/m0/s1. The summed E-state index contributed by atoms with van der Waals surface area (Å²) in [5.41, 5.74) is 2.20. The molecule has 3 N–H and O–H groups in total. The van der Waals surface area contributed by atoms with E-state index in [0.717, 1.165) is 31.3 Å². The number of epoxide rings is 1. The van der Waals surface area contributed by atoms with Crippen LogP contribution < -0.4 is 0 Å². The summed E-state index contributed by atoms with van der Waals surface area (Å²) in [7, 11) is 1.35. The summed E-state index contributed by atoms with van der Waals surface area (Å²) < 4.78 is 22.0. The van der Waals surface area contributed by atoms with Gasteiger partial charge in [-0.2, -0.15) is 0 Å². The van der Waals surface area contributed by atoms with Gasteiger partial charge in [-0.05, 0) is 51.4 Å². The van der Waals surface area contributed by atoms with Crippen LogP contribution in [-0.2, 0) is 23.7 Å². The maximum Gasteiger partial charge on any atom is 0.330 e. The van der Waals surface area contributed by atoms with Crippen LogP contribution in [0.2, 0.25) is 0 Å². The number of ether oxygens (including phenoxy) is 4. The molecular weight excluding hydrogens is 500 g/mol. The first-order valence-electron chi connectivity index (χ1n) is 14.0. The van der Waals surface area contributed by atoms with Crippen molar-refractivity contribution >= 4 is 5.97 Å². The molecule has 1 fully saturated rings. The van der Waals surface area contributed by atoms with Crippen molar-refractivity contribution in [3.8, 4) is 0 Å². The van der Waals surface area contributed by atoms with Gasteiger partial charge in [0.25, 0.3) is 0 Å². The number of carbonyl (C=O) groups is 1. The van der Waals surface area contributed by atoms with E-state index in [1.54, 1.807) is 18.2 Å². The summed E-state index contributed by atoms with van der Waals surface area (Å²) in [6.07, 6.45) is 14.0. The van der Waals surface area contributed by atoms with Crippen molar-refractivity contribution in [2.75, 3.05) is 13.7 Å². The zero-order valence-electron chi connectivity index (χ0n) is 23.5. The summed E-state index contributed by atoms with van der Waals surface area (Å²) >= 11 is 0. The zero-order chi connectivity index (χ0) is 28.4. The van der Waals surface area contributed by atoms with Gasteiger partial charge in [0.2, 0.25) is 0 Å². The summed E-state index contributed by atoms with van der Waals surface area (Å²) in [4.78, 5) is 11.2. The van der Waals surface area contributed by atoms with E-state index in [9.17, 15) is 20.1 Å². The minimum atomic E-state index is -1.02. The van der Waals surface area contributed by atoms with E-state index >= 15 is 0 Å². The highest BCUT2D eigenvalue weighted by Gasteiger charge is 2.45. The van der Waals surface area contributed by atoms with Crippen LogP contribution >= 0.6 is 0 Å². The molecule has 0 radical (unpaired) electrons. The Morgan fingerprint density at radius 3 is 2.77 bits per heavy atom. The van der Waals surface area contributed by atoms with E-state index in [4.69, 9.17) is 14.2 Å². The third kappa shape index (κ3) is 11.1. The minimum Gasteiger partial charge on any atom is -0.466 e. The number of esters is 1. The normalized spacial score (nSPS) is 30.1. The van der Waals surface area contributed by atoms with Gasteiger partial charge in [-0.3, -0.25) is 0 Å². The molecule has 1 saturated heterocycles. The Balaban J connectivity index is 1.32. The van der Waals surface area contributed by atoms with Gasteiger partial charge in [-0.1, -0.05) is 61.1 Å². The van der Waals surface area contributed by atoms with Gasteiger partial charge in [0, 0.05) is 12.5 Å². The van der Waals surface area contributed by atoms with Crippen molar-refractivity contribution in [2.45, 2.75) is 108 Å². The molecular formula is C31H46O8. The predicted molar refractivity (Wildman–Crippen MR) is 149 cm³/mol. The molecule has 3 rings (SSSR count). The molecule has 0 saturated carbocycles. The Bertz CT molecular complexity index is 922. The third-order valence-electron chi connectivity index (χ3n) is 7.40. The molecule has 0 amide bonds. The molecule has 8 heteroatoms. The fraction of sp³-hybridized carbons (Fsp3) is 0.645. The van der Waals surface area contributed by atoms with Crippen LogP contribution in [0.1, 0.15) is 58.8 Å². The molecule has 0 unspecified atom stereocenters. The lowest BCUT2D eigenvalue weighted by Crippen LogP contribution is -2.28. The molecule has 3 aliphatic rings. The molecule has 8 nitrogen and oxygen atoms in total. The number of hydrogen-bond acceptors (Lipinski definition) is 8. The smallest absolute Gasteiger partial charge is 0.330 e. The second-order valence-corrected chi connectivity index (χ2v) is 11.1. The molecule has 39 heavy (non-hydrogen) atoms. The van der Waals surface area contributed by atoms with E-state index in [0.29, 0.717) is 25.4 Å². The highest BCUT2D eigenvalue weighted by atomic mass is 16.6. The maximum absolute atomic E-state index is 11.2. The lowest BCUT2D eigenvalue weighted by molar-refractivity contribution is -0.134. The Kier molecular flexibility index (Phi) is 12.6. The van der Waals surface area contributed by atoms with Crippen molar-refractivity contribution in [1.29, 1.82) is 0 Å². The number of carbonyl (C=O) groups excluding carboxylic acids is 1. The molecule has 0 aromatic heterocycles. The minimum absolute atomic E-state index is 0.0582. The van der Waals surface area contributed by atoms with Crippen LogP contribution in [0.5, 0.6) is 0 Å². The highest BCUT2D eigenvalue weighted by molar-refractivity contribution is 5.81. The van der Waals surface area contributed by atoms with E-state index in [1.165, 1.54) is 18.8 Å². The first-order chi connectivity index (χ1) is 18.6. The molecule has 0 bridgehead atoms.